The zero-order valence-electron chi connectivity index (χ0n) is 13.6. The van der Waals surface area contributed by atoms with Crippen LogP contribution in [0.1, 0.15) is 11.1 Å². The van der Waals surface area contributed by atoms with Gasteiger partial charge in [-0.25, -0.2) is 13.8 Å². The first-order chi connectivity index (χ1) is 12.6. The molecule has 0 saturated heterocycles. The van der Waals surface area contributed by atoms with Crippen molar-refractivity contribution in [2.45, 2.75) is 6.61 Å². The van der Waals surface area contributed by atoms with Crippen LogP contribution >= 0.6 is 0 Å². The Bertz CT molecular complexity index is 897. The fraction of sp³-hybridized carbons (Fsp3) is 0.0526. The molecule has 132 valence electrons. The highest BCUT2D eigenvalue weighted by Crippen LogP contribution is 2.19. The van der Waals surface area contributed by atoms with Crippen molar-refractivity contribution in [1.82, 2.24) is 4.98 Å². The van der Waals surface area contributed by atoms with Gasteiger partial charge in [0.2, 0.25) is 5.88 Å². The molecule has 2 aromatic carbocycles. The Kier molecular flexibility index (Phi) is 5.38. The van der Waals surface area contributed by atoms with Crippen LogP contribution in [-0.4, -0.2) is 10.8 Å². The third-order valence-corrected chi connectivity index (χ3v) is 3.35. The number of nitrogens with zero attached hydrogens (tertiary/aromatic N) is 2. The number of ether oxygens (including phenoxy) is 1. The molecule has 0 aliphatic heterocycles. The van der Waals surface area contributed by atoms with Gasteiger partial charge in [0.05, 0.1) is 0 Å². The van der Waals surface area contributed by atoms with E-state index in [2.05, 4.69) is 10.1 Å². The molecule has 0 bridgehead atoms. The Morgan fingerprint density at radius 2 is 1.81 bits per heavy atom. The van der Waals surface area contributed by atoms with Crippen molar-refractivity contribution in [2.24, 2.45) is 10.9 Å². The Balaban J connectivity index is 1.59. The summed E-state index contributed by atoms with van der Waals surface area (Å²) in [6.45, 7) is 0.0949. The lowest BCUT2D eigenvalue weighted by Gasteiger charge is -2.06. The number of rotatable bonds is 6. The second-order valence-electron chi connectivity index (χ2n) is 5.32. The molecule has 0 spiro atoms. The van der Waals surface area contributed by atoms with E-state index in [1.54, 1.807) is 24.3 Å². The molecule has 0 atom stereocenters. The molecule has 26 heavy (non-hydrogen) atoms. The van der Waals surface area contributed by atoms with Gasteiger partial charge in [-0.05, 0) is 48.0 Å². The third-order valence-electron chi connectivity index (χ3n) is 3.35. The number of amidine groups is 1. The van der Waals surface area contributed by atoms with Gasteiger partial charge in [-0.15, -0.1) is 0 Å². The van der Waals surface area contributed by atoms with Crippen molar-refractivity contribution in [2.75, 3.05) is 0 Å². The van der Waals surface area contributed by atoms with Crippen molar-refractivity contribution < 1.29 is 18.4 Å². The Labute approximate surface area is 148 Å². The van der Waals surface area contributed by atoms with Crippen molar-refractivity contribution in [3.8, 4) is 11.6 Å². The van der Waals surface area contributed by atoms with E-state index in [9.17, 15) is 8.78 Å². The molecular weight excluding hydrogens is 340 g/mol. The lowest BCUT2D eigenvalue weighted by molar-refractivity contribution is 0.130. The molecule has 2 N–H and O–H groups in total. The monoisotopic (exact) mass is 355 g/mol. The number of oxime groups is 1. The fourth-order valence-electron chi connectivity index (χ4n) is 2.07. The van der Waals surface area contributed by atoms with Crippen LogP contribution in [0.25, 0.3) is 0 Å². The first kappa shape index (κ1) is 17.3. The van der Waals surface area contributed by atoms with Gasteiger partial charge in [0, 0.05) is 17.8 Å². The molecule has 3 aromatic rings. The number of halogens is 2. The van der Waals surface area contributed by atoms with Crippen LogP contribution in [-0.2, 0) is 11.4 Å². The Hall–Kier alpha value is -3.48. The summed E-state index contributed by atoms with van der Waals surface area (Å²) >= 11 is 0. The fourth-order valence-corrected chi connectivity index (χ4v) is 2.07. The van der Waals surface area contributed by atoms with E-state index in [-0.39, 0.29) is 24.1 Å². The van der Waals surface area contributed by atoms with E-state index in [4.69, 9.17) is 15.3 Å². The number of benzene rings is 2. The lowest BCUT2D eigenvalue weighted by Crippen LogP contribution is -2.14. The summed E-state index contributed by atoms with van der Waals surface area (Å²) in [5.74, 6) is 0.231. The van der Waals surface area contributed by atoms with Gasteiger partial charge in [0.15, 0.2) is 5.84 Å². The molecular formula is C19H15F2N3O2. The predicted octanol–water partition coefficient (Wildman–Crippen LogP) is 3.99. The van der Waals surface area contributed by atoms with Gasteiger partial charge >= 0.3 is 0 Å². The molecule has 0 saturated carbocycles. The van der Waals surface area contributed by atoms with Crippen LogP contribution in [0.5, 0.6) is 11.6 Å². The lowest BCUT2D eigenvalue weighted by atomic mass is 10.2. The summed E-state index contributed by atoms with van der Waals surface area (Å²) in [4.78, 5) is 9.24. The number of hydrogen-bond donors (Lipinski definition) is 1. The van der Waals surface area contributed by atoms with Crippen LogP contribution in [0, 0.1) is 11.6 Å². The number of pyridine rings is 1. The van der Waals surface area contributed by atoms with Gasteiger partial charge < -0.3 is 15.3 Å². The molecule has 0 fully saturated rings. The molecule has 0 unspecified atom stereocenters. The molecule has 0 aliphatic carbocycles. The maximum absolute atomic E-state index is 13.1. The van der Waals surface area contributed by atoms with E-state index >= 15 is 0 Å². The quantitative estimate of drug-likeness (QED) is 0.412. The highest BCUT2D eigenvalue weighted by atomic mass is 19.1. The molecule has 0 amide bonds. The standard InChI is InChI=1S/C19H15F2N3O2/c20-15-5-7-17(8-6-15)26-18-9-4-14(11-23-18)19(22)24-25-12-13-2-1-3-16(21)10-13/h1-11H,12H2,(H2,22,24). The first-order valence-corrected chi connectivity index (χ1v) is 7.70. The van der Waals surface area contributed by atoms with Crippen molar-refractivity contribution >= 4 is 5.84 Å². The second-order valence-corrected chi connectivity index (χ2v) is 5.32. The summed E-state index contributed by atoms with van der Waals surface area (Å²) in [5, 5.41) is 3.79. The van der Waals surface area contributed by atoms with Gasteiger partial charge in [-0.3, -0.25) is 0 Å². The predicted molar refractivity (Wildman–Crippen MR) is 92.6 cm³/mol. The zero-order valence-corrected chi connectivity index (χ0v) is 13.6. The number of nitrogens with two attached hydrogens (primary N) is 1. The molecule has 5 nitrogen and oxygen atoms in total. The molecule has 0 radical (unpaired) electrons. The van der Waals surface area contributed by atoms with Crippen molar-refractivity contribution in [3.05, 3.63) is 89.6 Å². The zero-order chi connectivity index (χ0) is 18.4. The molecule has 1 heterocycles. The smallest absolute Gasteiger partial charge is 0.219 e. The average molecular weight is 355 g/mol. The Morgan fingerprint density at radius 1 is 1.00 bits per heavy atom. The summed E-state index contributed by atoms with van der Waals surface area (Å²) < 4.78 is 31.4. The van der Waals surface area contributed by atoms with E-state index in [1.165, 1.54) is 42.6 Å². The topological polar surface area (TPSA) is 69.7 Å². The van der Waals surface area contributed by atoms with E-state index in [1.807, 2.05) is 0 Å². The van der Waals surface area contributed by atoms with Gasteiger partial charge in [-0.2, -0.15) is 0 Å². The van der Waals surface area contributed by atoms with Crippen LogP contribution in [0.4, 0.5) is 8.78 Å². The van der Waals surface area contributed by atoms with Crippen LogP contribution < -0.4 is 10.5 Å². The van der Waals surface area contributed by atoms with E-state index < -0.39 is 0 Å². The van der Waals surface area contributed by atoms with Gasteiger partial charge in [0.1, 0.15) is 24.0 Å². The van der Waals surface area contributed by atoms with Gasteiger partial charge in [0.25, 0.3) is 0 Å². The Morgan fingerprint density at radius 3 is 2.50 bits per heavy atom. The van der Waals surface area contributed by atoms with Crippen molar-refractivity contribution in [3.63, 3.8) is 0 Å². The maximum Gasteiger partial charge on any atom is 0.219 e. The average Bonchev–Trinajstić information content (AvgIpc) is 2.64. The largest absolute Gasteiger partial charge is 0.439 e. The second kappa shape index (κ2) is 8.06. The van der Waals surface area contributed by atoms with Crippen molar-refractivity contribution in [1.29, 1.82) is 0 Å². The summed E-state index contributed by atoms with van der Waals surface area (Å²) in [6.07, 6.45) is 1.48. The van der Waals surface area contributed by atoms with Gasteiger partial charge in [-0.1, -0.05) is 17.3 Å². The summed E-state index contributed by atoms with van der Waals surface area (Å²) in [6, 6.07) is 14.9. The summed E-state index contributed by atoms with van der Waals surface area (Å²) in [5.41, 5.74) is 7.02. The molecule has 3 rings (SSSR count). The minimum absolute atomic E-state index is 0.0949. The van der Waals surface area contributed by atoms with E-state index in [0.29, 0.717) is 22.8 Å². The normalized spacial score (nSPS) is 11.2. The van der Waals surface area contributed by atoms with Crippen LogP contribution in [0.15, 0.2) is 72.0 Å². The van der Waals surface area contributed by atoms with E-state index in [0.717, 1.165) is 0 Å². The maximum atomic E-state index is 13.1. The number of aromatic nitrogens is 1. The first-order valence-electron chi connectivity index (χ1n) is 7.70. The molecule has 0 aliphatic rings. The third kappa shape index (κ3) is 4.76. The minimum Gasteiger partial charge on any atom is -0.439 e. The highest BCUT2D eigenvalue weighted by Gasteiger charge is 2.04. The molecule has 1 aromatic heterocycles. The molecule has 7 heteroatoms. The number of hydrogen-bond acceptors (Lipinski definition) is 4. The SMILES string of the molecule is N/C(=N/OCc1cccc(F)c1)c1ccc(Oc2ccc(F)cc2)nc1. The van der Waals surface area contributed by atoms with Crippen LogP contribution in [0.3, 0.4) is 0 Å². The minimum atomic E-state index is -0.345. The van der Waals surface area contributed by atoms with Crippen LogP contribution in [0.2, 0.25) is 0 Å². The highest BCUT2D eigenvalue weighted by molar-refractivity contribution is 5.96. The summed E-state index contributed by atoms with van der Waals surface area (Å²) in [7, 11) is 0.